The van der Waals surface area contributed by atoms with E-state index in [9.17, 15) is 19.2 Å². The minimum absolute atomic E-state index is 0.222. The van der Waals surface area contributed by atoms with Crippen LogP contribution in [0.3, 0.4) is 0 Å². The van der Waals surface area contributed by atoms with Gasteiger partial charge in [0.05, 0.1) is 11.4 Å². The van der Waals surface area contributed by atoms with Gasteiger partial charge in [-0.15, -0.1) is 23.4 Å². The molecule has 2 rings (SSSR count). The van der Waals surface area contributed by atoms with Gasteiger partial charge in [-0.2, -0.15) is 0 Å². The average molecular weight is 476 g/mol. The van der Waals surface area contributed by atoms with Crippen molar-refractivity contribution < 1.29 is 23.9 Å². The fourth-order valence-corrected chi connectivity index (χ4v) is 6.53. The minimum atomic E-state index is -0.779. The van der Waals surface area contributed by atoms with E-state index in [0.29, 0.717) is 0 Å². The number of rotatable bonds is 6. The number of ether oxygens (including phenoxy) is 1. The van der Waals surface area contributed by atoms with Crippen LogP contribution in [0.4, 0.5) is 0 Å². The SMILES string of the molecule is CC(C)(C)OC(=O)CNC(=O)[C@H]1N(C(=O)CNC(=O)CCl)C2(CCCCC2)SC1(C)C. The molecule has 0 aromatic rings. The van der Waals surface area contributed by atoms with Gasteiger partial charge >= 0.3 is 5.97 Å². The van der Waals surface area contributed by atoms with E-state index in [1.165, 1.54) is 0 Å². The van der Waals surface area contributed by atoms with Crippen molar-refractivity contribution in [2.24, 2.45) is 0 Å². The highest BCUT2D eigenvalue weighted by Gasteiger charge is 2.60. The molecule has 1 aliphatic carbocycles. The van der Waals surface area contributed by atoms with E-state index in [-0.39, 0.29) is 24.9 Å². The second kappa shape index (κ2) is 9.98. The number of esters is 1. The van der Waals surface area contributed by atoms with Crippen LogP contribution >= 0.6 is 23.4 Å². The summed E-state index contributed by atoms with van der Waals surface area (Å²) in [7, 11) is 0. The molecule has 0 unspecified atom stereocenters. The maximum Gasteiger partial charge on any atom is 0.325 e. The van der Waals surface area contributed by atoms with Gasteiger partial charge in [-0.25, -0.2) is 0 Å². The van der Waals surface area contributed by atoms with E-state index in [1.54, 1.807) is 37.4 Å². The maximum atomic E-state index is 13.3. The molecule has 3 amide bonds. The van der Waals surface area contributed by atoms with Gasteiger partial charge in [-0.1, -0.05) is 19.3 Å². The maximum absolute atomic E-state index is 13.3. The zero-order chi connectivity index (χ0) is 23.4. The third kappa shape index (κ3) is 6.51. The lowest BCUT2D eigenvalue weighted by Gasteiger charge is -2.42. The smallest absolute Gasteiger partial charge is 0.325 e. The van der Waals surface area contributed by atoms with Gasteiger partial charge < -0.3 is 20.3 Å². The molecule has 176 valence electrons. The van der Waals surface area contributed by atoms with Crippen LogP contribution in [0, 0.1) is 0 Å². The molecule has 1 aliphatic heterocycles. The van der Waals surface area contributed by atoms with Crippen molar-refractivity contribution in [3.05, 3.63) is 0 Å². The Morgan fingerprint density at radius 1 is 1.06 bits per heavy atom. The summed E-state index contributed by atoms with van der Waals surface area (Å²) < 4.78 is 4.70. The molecule has 2 N–H and O–H groups in total. The molecule has 2 fully saturated rings. The predicted octanol–water partition coefficient (Wildman–Crippen LogP) is 2.18. The number of hydrogen-bond acceptors (Lipinski definition) is 6. The Kier molecular flexibility index (Phi) is 8.30. The fraction of sp³-hybridized carbons (Fsp3) is 0.810. The molecule has 0 aromatic carbocycles. The molecular formula is C21H34ClN3O5S. The topological polar surface area (TPSA) is 105 Å². The number of hydrogen-bond donors (Lipinski definition) is 2. The van der Waals surface area contributed by atoms with Crippen LogP contribution in [0.5, 0.6) is 0 Å². The first kappa shape index (κ1) is 25.8. The summed E-state index contributed by atoms with van der Waals surface area (Å²) in [6, 6.07) is -0.779. The second-order valence-corrected chi connectivity index (χ2v) is 11.9. The van der Waals surface area contributed by atoms with E-state index in [2.05, 4.69) is 10.6 Å². The number of nitrogens with zero attached hydrogens (tertiary/aromatic N) is 1. The molecule has 0 bridgehead atoms. The highest BCUT2D eigenvalue weighted by atomic mass is 35.5. The van der Waals surface area contributed by atoms with Crippen molar-refractivity contribution in [2.75, 3.05) is 19.0 Å². The third-order valence-electron chi connectivity index (χ3n) is 5.35. The molecule has 10 heteroatoms. The lowest BCUT2D eigenvalue weighted by atomic mass is 9.90. The Labute approximate surface area is 193 Å². The second-order valence-electron chi connectivity index (χ2n) is 9.59. The number of nitrogens with one attached hydrogen (secondary N) is 2. The Morgan fingerprint density at radius 3 is 2.23 bits per heavy atom. The molecule has 1 atom stereocenters. The zero-order valence-corrected chi connectivity index (χ0v) is 20.6. The number of amides is 3. The standard InChI is InChI=1S/C21H34ClN3O5S/c1-19(2,3)30-16(28)13-24-18(29)17-20(4,5)31-21(9-7-6-8-10-21)25(17)15(27)12-23-14(26)11-22/h17H,6-13H2,1-5H3,(H,23,26)(H,24,29)/t17-/m1/s1. The van der Waals surface area contributed by atoms with Crippen molar-refractivity contribution in [1.82, 2.24) is 15.5 Å². The summed E-state index contributed by atoms with van der Waals surface area (Å²) in [6.45, 7) is 8.65. The van der Waals surface area contributed by atoms with E-state index in [1.807, 2.05) is 13.8 Å². The first-order valence-electron chi connectivity index (χ1n) is 10.7. The van der Waals surface area contributed by atoms with Crippen LogP contribution in [-0.4, -0.2) is 68.8 Å². The Bertz CT molecular complexity index is 716. The normalized spacial score (nSPS) is 22.1. The molecule has 0 radical (unpaired) electrons. The number of alkyl halides is 1. The van der Waals surface area contributed by atoms with Gasteiger partial charge in [0.2, 0.25) is 17.7 Å². The monoisotopic (exact) mass is 475 g/mol. The highest BCUT2D eigenvalue weighted by Crippen LogP contribution is 2.57. The lowest BCUT2D eigenvalue weighted by molar-refractivity contribution is -0.155. The van der Waals surface area contributed by atoms with Crippen LogP contribution in [0.25, 0.3) is 0 Å². The highest BCUT2D eigenvalue weighted by molar-refractivity contribution is 8.02. The Balaban J connectivity index is 2.23. The molecule has 8 nitrogen and oxygen atoms in total. The summed E-state index contributed by atoms with van der Waals surface area (Å²) in [5.74, 6) is -1.94. The van der Waals surface area contributed by atoms with E-state index < -0.39 is 39.0 Å². The van der Waals surface area contributed by atoms with Crippen molar-refractivity contribution in [1.29, 1.82) is 0 Å². The van der Waals surface area contributed by atoms with Gasteiger partial charge in [0.15, 0.2) is 0 Å². The molecule has 0 aromatic heterocycles. The van der Waals surface area contributed by atoms with Crippen molar-refractivity contribution in [2.45, 2.75) is 88.0 Å². The molecule has 1 heterocycles. The van der Waals surface area contributed by atoms with Crippen molar-refractivity contribution >= 4 is 47.1 Å². The quantitative estimate of drug-likeness (QED) is 0.450. The summed E-state index contributed by atoms with van der Waals surface area (Å²) in [6.07, 6.45) is 4.59. The summed E-state index contributed by atoms with van der Waals surface area (Å²) in [5, 5.41) is 5.17. The number of halogens is 1. The molecule has 1 saturated heterocycles. The third-order valence-corrected chi connectivity index (χ3v) is 7.32. The van der Waals surface area contributed by atoms with Crippen molar-refractivity contribution in [3.63, 3.8) is 0 Å². The minimum Gasteiger partial charge on any atom is -0.459 e. The summed E-state index contributed by atoms with van der Waals surface area (Å²) in [4.78, 5) is 51.3. The van der Waals surface area contributed by atoms with E-state index in [0.717, 1.165) is 32.1 Å². The Hall–Kier alpha value is -1.48. The first-order valence-corrected chi connectivity index (χ1v) is 12.0. The largest absolute Gasteiger partial charge is 0.459 e. The first-order chi connectivity index (χ1) is 14.3. The molecule has 31 heavy (non-hydrogen) atoms. The lowest BCUT2D eigenvalue weighted by Crippen LogP contribution is -2.60. The average Bonchev–Trinajstić information content (AvgIpc) is 2.89. The summed E-state index contributed by atoms with van der Waals surface area (Å²) in [5.41, 5.74) is -0.654. The van der Waals surface area contributed by atoms with Crippen LogP contribution in [0.1, 0.15) is 66.7 Å². The fourth-order valence-electron chi connectivity index (χ4n) is 4.33. The summed E-state index contributed by atoms with van der Waals surface area (Å²) >= 11 is 7.17. The number of carbonyl (C=O) groups excluding carboxylic acids is 4. The molecular weight excluding hydrogens is 442 g/mol. The van der Waals surface area contributed by atoms with Crippen LogP contribution < -0.4 is 10.6 Å². The predicted molar refractivity (Wildman–Crippen MR) is 121 cm³/mol. The zero-order valence-electron chi connectivity index (χ0n) is 19.0. The molecule has 2 aliphatic rings. The number of carbonyl (C=O) groups is 4. The van der Waals surface area contributed by atoms with Gasteiger partial charge in [-0.05, 0) is 47.5 Å². The van der Waals surface area contributed by atoms with Gasteiger partial charge in [0.25, 0.3) is 0 Å². The van der Waals surface area contributed by atoms with Crippen LogP contribution in [-0.2, 0) is 23.9 Å². The molecule has 1 saturated carbocycles. The Morgan fingerprint density at radius 2 is 1.68 bits per heavy atom. The van der Waals surface area contributed by atoms with Crippen LogP contribution in [0.15, 0.2) is 0 Å². The van der Waals surface area contributed by atoms with Gasteiger partial charge in [-0.3, -0.25) is 19.2 Å². The van der Waals surface area contributed by atoms with Gasteiger partial charge in [0.1, 0.15) is 24.1 Å². The number of thioether (sulfide) groups is 1. The van der Waals surface area contributed by atoms with Crippen molar-refractivity contribution in [3.8, 4) is 0 Å². The molecule has 1 spiro atoms. The van der Waals surface area contributed by atoms with Gasteiger partial charge in [0, 0.05) is 4.75 Å². The van der Waals surface area contributed by atoms with E-state index in [4.69, 9.17) is 16.3 Å². The van der Waals surface area contributed by atoms with Crippen LogP contribution in [0.2, 0.25) is 0 Å². The van der Waals surface area contributed by atoms with E-state index >= 15 is 0 Å².